The Morgan fingerprint density at radius 2 is 2.26 bits per heavy atom. The van der Waals surface area contributed by atoms with Crippen LogP contribution in [0.2, 0.25) is 0 Å². The van der Waals surface area contributed by atoms with Gasteiger partial charge in [-0.1, -0.05) is 19.4 Å². The number of rotatable bonds is 6. The van der Waals surface area contributed by atoms with Crippen LogP contribution in [0.3, 0.4) is 0 Å². The van der Waals surface area contributed by atoms with Gasteiger partial charge in [0.2, 0.25) is 0 Å². The zero-order valence-corrected chi connectivity index (χ0v) is 11.0. The third-order valence-corrected chi connectivity index (χ3v) is 3.73. The quantitative estimate of drug-likeness (QED) is 0.626. The van der Waals surface area contributed by atoms with Crippen molar-refractivity contribution < 1.29 is 4.92 Å². The number of nitriles is 1. The molecule has 0 aromatic heterocycles. The first-order chi connectivity index (χ1) is 9.12. The van der Waals surface area contributed by atoms with E-state index in [2.05, 4.69) is 12.2 Å². The molecule has 1 aliphatic carbocycles. The van der Waals surface area contributed by atoms with Crippen LogP contribution in [0.15, 0.2) is 18.2 Å². The minimum atomic E-state index is -0.486. The number of nitrogens with one attached hydrogen (secondary N) is 1. The molecule has 1 N–H and O–H groups in total. The van der Waals surface area contributed by atoms with E-state index in [1.165, 1.54) is 18.9 Å². The number of benzene rings is 1. The average Bonchev–Trinajstić information content (AvgIpc) is 3.16. The fraction of sp³-hybridized carbons (Fsp3) is 0.500. The van der Waals surface area contributed by atoms with Crippen molar-refractivity contribution in [3.05, 3.63) is 33.9 Å². The minimum absolute atomic E-state index is 0.107. The maximum absolute atomic E-state index is 11.1. The van der Waals surface area contributed by atoms with E-state index in [1.807, 2.05) is 6.07 Å². The second-order valence-corrected chi connectivity index (χ2v) is 5.17. The molecule has 0 amide bonds. The van der Waals surface area contributed by atoms with E-state index < -0.39 is 4.92 Å². The van der Waals surface area contributed by atoms with Crippen molar-refractivity contribution in [2.24, 2.45) is 5.41 Å². The lowest BCUT2D eigenvalue weighted by molar-refractivity contribution is -0.384. The Morgan fingerprint density at radius 1 is 1.53 bits per heavy atom. The molecule has 19 heavy (non-hydrogen) atoms. The highest BCUT2D eigenvalue weighted by atomic mass is 16.6. The Hall–Kier alpha value is -2.09. The van der Waals surface area contributed by atoms with Crippen molar-refractivity contribution in [3.63, 3.8) is 0 Å². The molecule has 0 aliphatic heterocycles. The molecule has 1 saturated carbocycles. The molecule has 5 heteroatoms. The zero-order chi connectivity index (χ0) is 13.9. The van der Waals surface area contributed by atoms with Gasteiger partial charge in [-0.05, 0) is 36.8 Å². The summed E-state index contributed by atoms with van der Waals surface area (Å²) in [6.45, 7) is 2.90. The van der Waals surface area contributed by atoms with Crippen molar-refractivity contribution in [1.82, 2.24) is 0 Å². The molecule has 0 radical (unpaired) electrons. The van der Waals surface area contributed by atoms with Gasteiger partial charge in [0, 0.05) is 6.54 Å². The van der Waals surface area contributed by atoms with Gasteiger partial charge in [-0.2, -0.15) is 5.26 Å². The highest BCUT2D eigenvalue weighted by molar-refractivity contribution is 5.68. The van der Waals surface area contributed by atoms with E-state index in [0.717, 1.165) is 19.4 Å². The lowest BCUT2D eigenvalue weighted by Crippen LogP contribution is -2.16. The number of nitro groups is 1. The fourth-order valence-corrected chi connectivity index (χ4v) is 2.48. The number of hydrogen-bond acceptors (Lipinski definition) is 4. The third kappa shape index (κ3) is 2.84. The monoisotopic (exact) mass is 259 g/mol. The lowest BCUT2D eigenvalue weighted by atomic mass is 10.0. The predicted molar refractivity (Wildman–Crippen MR) is 72.9 cm³/mol. The Bertz CT molecular complexity index is 530. The van der Waals surface area contributed by atoms with Crippen molar-refractivity contribution in [2.45, 2.75) is 32.6 Å². The third-order valence-electron chi connectivity index (χ3n) is 3.73. The maximum atomic E-state index is 11.1. The molecule has 1 aliphatic rings. The van der Waals surface area contributed by atoms with E-state index in [4.69, 9.17) is 5.26 Å². The van der Waals surface area contributed by atoms with Gasteiger partial charge in [-0.15, -0.1) is 0 Å². The molecule has 1 aromatic rings. The Kier molecular flexibility index (Phi) is 3.70. The number of hydrogen-bond donors (Lipinski definition) is 1. The SMILES string of the molecule is CCCC1(CNc2cccc(C#N)c2[N+](=O)[O-])CC1. The van der Waals surface area contributed by atoms with Gasteiger partial charge in [-0.3, -0.25) is 10.1 Å². The van der Waals surface area contributed by atoms with Crippen molar-refractivity contribution in [1.29, 1.82) is 5.26 Å². The van der Waals surface area contributed by atoms with Crippen molar-refractivity contribution in [2.75, 3.05) is 11.9 Å². The highest BCUT2D eigenvalue weighted by Crippen LogP contribution is 2.49. The molecule has 100 valence electrons. The first-order valence-electron chi connectivity index (χ1n) is 6.53. The summed E-state index contributed by atoms with van der Waals surface area (Å²) in [6, 6.07) is 6.69. The van der Waals surface area contributed by atoms with Gasteiger partial charge in [0.25, 0.3) is 0 Å². The summed E-state index contributed by atoms with van der Waals surface area (Å²) in [6.07, 6.45) is 4.63. The smallest absolute Gasteiger partial charge is 0.309 e. The fourth-order valence-electron chi connectivity index (χ4n) is 2.48. The summed E-state index contributed by atoms with van der Waals surface area (Å²) in [5.41, 5.74) is 0.754. The van der Waals surface area contributed by atoms with Crippen molar-refractivity contribution in [3.8, 4) is 6.07 Å². The molecule has 0 heterocycles. The van der Waals surface area contributed by atoms with Crippen LogP contribution < -0.4 is 5.32 Å². The molecule has 1 aromatic carbocycles. The second-order valence-electron chi connectivity index (χ2n) is 5.17. The topological polar surface area (TPSA) is 79.0 Å². The molecule has 0 bridgehead atoms. The van der Waals surface area contributed by atoms with E-state index in [1.54, 1.807) is 12.1 Å². The van der Waals surface area contributed by atoms with Crippen LogP contribution in [0.1, 0.15) is 38.2 Å². The minimum Gasteiger partial charge on any atom is -0.379 e. The molecular formula is C14H17N3O2. The van der Waals surface area contributed by atoms with Crippen LogP contribution in [-0.4, -0.2) is 11.5 Å². The Morgan fingerprint density at radius 3 is 2.79 bits per heavy atom. The lowest BCUT2D eigenvalue weighted by Gasteiger charge is -2.16. The first-order valence-corrected chi connectivity index (χ1v) is 6.53. The van der Waals surface area contributed by atoms with Crippen LogP contribution in [0.25, 0.3) is 0 Å². The van der Waals surface area contributed by atoms with Gasteiger partial charge in [0.15, 0.2) is 0 Å². The summed E-state index contributed by atoms with van der Waals surface area (Å²) < 4.78 is 0. The average molecular weight is 259 g/mol. The van der Waals surface area contributed by atoms with Crippen LogP contribution in [0.5, 0.6) is 0 Å². The van der Waals surface area contributed by atoms with E-state index in [9.17, 15) is 10.1 Å². The summed E-state index contributed by atoms with van der Waals surface area (Å²) in [5.74, 6) is 0. The van der Waals surface area contributed by atoms with E-state index >= 15 is 0 Å². The molecule has 2 rings (SSSR count). The molecule has 0 unspecified atom stereocenters. The largest absolute Gasteiger partial charge is 0.379 e. The molecule has 1 fully saturated rings. The molecular weight excluding hydrogens is 242 g/mol. The molecule has 0 spiro atoms. The van der Waals surface area contributed by atoms with Crippen LogP contribution >= 0.6 is 0 Å². The van der Waals surface area contributed by atoms with E-state index in [-0.39, 0.29) is 11.3 Å². The zero-order valence-electron chi connectivity index (χ0n) is 11.0. The predicted octanol–water partition coefficient (Wildman–Crippen LogP) is 3.46. The number of nitro benzene ring substituents is 1. The van der Waals surface area contributed by atoms with Gasteiger partial charge in [0.1, 0.15) is 17.3 Å². The summed E-state index contributed by atoms with van der Waals surface area (Å²) in [4.78, 5) is 10.6. The molecule has 5 nitrogen and oxygen atoms in total. The van der Waals surface area contributed by atoms with Crippen LogP contribution in [-0.2, 0) is 0 Å². The normalized spacial score (nSPS) is 15.6. The molecule has 0 saturated heterocycles. The standard InChI is InChI=1S/C14H17N3O2/c1-2-6-14(7-8-14)10-16-12-5-3-4-11(9-15)13(12)17(18)19/h3-5,16H,2,6-8,10H2,1H3. The first kappa shape index (κ1) is 13.3. The Balaban J connectivity index is 2.17. The van der Waals surface area contributed by atoms with Gasteiger partial charge in [-0.25, -0.2) is 0 Å². The second kappa shape index (κ2) is 5.27. The van der Waals surface area contributed by atoms with Gasteiger partial charge in [0.05, 0.1) is 4.92 Å². The summed E-state index contributed by atoms with van der Waals surface area (Å²) in [5, 5.41) is 23.2. The number of nitrogens with zero attached hydrogens (tertiary/aromatic N) is 2. The van der Waals surface area contributed by atoms with E-state index in [0.29, 0.717) is 11.1 Å². The van der Waals surface area contributed by atoms with Crippen molar-refractivity contribution >= 4 is 11.4 Å². The Labute approximate surface area is 112 Å². The molecule has 0 atom stereocenters. The van der Waals surface area contributed by atoms with Crippen LogP contribution in [0, 0.1) is 26.9 Å². The number of para-hydroxylation sites is 1. The summed E-state index contributed by atoms with van der Waals surface area (Å²) in [7, 11) is 0. The maximum Gasteiger partial charge on any atom is 0.309 e. The van der Waals surface area contributed by atoms with Crippen LogP contribution in [0.4, 0.5) is 11.4 Å². The van der Waals surface area contributed by atoms with Gasteiger partial charge >= 0.3 is 5.69 Å². The van der Waals surface area contributed by atoms with Gasteiger partial charge < -0.3 is 5.32 Å². The summed E-state index contributed by atoms with van der Waals surface area (Å²) >= 11 is 0. The highest BCUT2D eigenvalue weighted by Gasteiger charge is 2.41. The number of anilines is 1.